The summed E-state index contributed by atoms with van der Waals surface area (Å²) in [5.41, 5.74) is 7.03. The van der Waals surface area contributed by atoms with Gasteiger partial charge < -0.3 is 15.7 Å². The van der Waals surface area contributed by atoms with Gasteiger partial charge in [0.15, 0.2) is 0 Å². The van der Waals surface area contributed by atoms with E-state index in [4.69, 9.17) is 5.73 Å². The normalized spacial score (nSPS) is 27.1. The van der Waals surface area contributed by atoms with Crippen molar-refractivity contribution >= 4 is 5.69 Å². The Morgan fingerprint density at radius 3 is 2.93 bits per heavy atom. The summed E-state index contributed by atoms with van der Waals surface area (Å²) >= 11 is 0. The van der Waals surface area contributed by atoms with Crippen LogP contribution < -0.4 is 5.73 Å². The number of hydrogen-bond acceptors (Lipinski definition) is 3. The van der Waals surface area contributed by atoms with E-state index in [1.54, 1.807) is 0 Å². The van der Waals surface area contributed by atoms with Crippen LogP contribution in [0.5, 0.6) is 0 Å². The Balaban J connectivity index is 2.08. The van der Waals surface area contributed by atoms with Crippen molar-refractivity contribution < 1.29 is 5.11 Å². The lowest BCUT2D eigenvalue weighted by molar-refractivity contribution is 0.0524. The molecule has 1 aliphatic heterocycles. The summed E-state index contributed by atoms with van der Waals surface area (Å²) in [6, 6.07) is 7.77. The molecule has 3 N–H and O–H groups in total. The first kappa shape index (κ1) is 10.5. The van der Waals surface area contributed by atoms with Gasteiger partial charge in [0, 0.05) is 25.2 Å². The molecule has 1 saturated heterocycles. The molecule has 1 aliphatic rings. The average molecular weight is 206 g/mol. The predicted octanol–water partition coefficient (Wildman–Crippen LogP) is 0.878. The molecule has 0 aliphatic carbocycles. The number of likely N-dealkylation sites (tertiary alicyclic amines) is 1. The maximum atomic E-state index is 10.3. The lowest BCUT2D eigenvalue weighted by atomic mass is 9.93. The third kappa shape index (κ3) is 2.49. The Bertz CT molecular complexity index is 353. The largest absolute Gasteiger partial charge is 0.399 e. The maximum absolute atomic E-state index is 10.3. The molecular formula is C12H18N2O. The summed E-state index contributed by atoms with van der Waals surface area (Å²) < 4.78 is 0. The lowest BCUT2D eigenvalue weighted by Crippen LogP contribution is -2.34. The van der Waals surface area contributed by atoms with Gasteiger partial charge in [-0.3, -0.25) is 0 Å². The molecule has 0 radical (unpaired) electrons. The van der Waals surface area contributed by atoms with Crippen LogP contribution in [-0.2, 0) is 6.42 Å². The van der Waals surface area contributed by atoms with Gasteiger partial charge in [0.25, 0.3) is 0 Å². The number of hydrogen-bond donors (Lipinski definition) is 2. The van der Waals surface area contributed by atoms with Crippen molar-refractivity contribution in [2.24, 2.45) is 0 Å². The van der Waals surface area contributed by atoms with E-state index in [0.29, 0.717) is 6.42 Å². The van der Waals surface area contributed by atoms with E-state index < -0.39 is 5.60 Å². The van der Waals surface area contributed by atoms with E-state index in [2.05, 4.69) is 4.90 Å². The van der Waals surface area contributed by atoms with E-state index in [0.717, 1.165) is 30.8 Å². The molecule has 1 fully saturated rings. The van der Waals surface area contributed by atoms with Crippen molar-refractivity contribution in [3.8, 4) is 0 Å². The lowest BCUT2D eigenvalue weighted by Gasteiger charge is -2.22. The molecule has 1 heterocycles. The summed E-state index contributed by atoms with van der Waals surface area (Å²) in [4.78, 5) is 2.16. The van der Waals surface area contributed by atoms with Gasteiger partial charge in [-0.25, -0.2) is 0 Å². The molecular weight excluding hydrogens is 188 g/mol. The fourth-order valence-corrected chi connectivity index (χ4v) is 2.29. The van der Waals surface area contributed by atoms with E-state index in [1.807, 2.05) is 31.3 Å². The first-order chi connectivity index (χ1) is 7.07. The fraction of sp³-hybridized carbons (Fsp3) is 0.500. The van der Waals surface area contributed by atoms with E-state index in [-0.39, 0.29) is 0 Å². The zero-order valence-corrected chi connectivity index (χ0v) is 9.11. The van der Waals surface area contributed by atoms with Gasteiger partial charge in [-0.2, -0.15) is 0 Å². The first-order valence-corrected chi connectivity index (χ1v) is 5.33. The molecule has 15 heavy (non-hydrogen) atoms. The molecule has 3 heteroatoms. The van der Waals surface area contributed by atoms with Crippen LogP contribution in [0.4, 0.5) is 5.69 Å². The highest BCUT2D eigenvalue weighted by Gasteiger charge is 2.34. The Labute approximate surface area is 90.5 Å². The van der Waals surface area contributed by atoms with Gasteiger partial charge in [0.1, 0.15) is 0 Å². The van der Waals surface area contributed by atoms with Crippen molar-refractivity contribution in [1.82, 2.24) is 4.90 Å². The van der Waals surface area contributed by atoms with Gasteiger partial charge >= 0.3 is 0 Å². The standard InChI is InChI=1S/C12H18N2O/c1-14-6-5-12(15,9-14)8-10-3-2-4-11(13)7-10/h2-4,7,15H,5-6,8-9,13H2,1H3. The molecule has 0 bridgehead atoms. The van der Waals surface area contributed by atoms with Crippen molar-refractivity contribution in [3.05, 3.63) is 29.8 Å². The summed E-state index contributed by atoms with van der Waals surface area (Å²) in [6.07, 6.45) is 1.54. The molecule has 0 aromatic heterocycles. The van der Waals surface area contributed by atoms with Crippen LogP contribution in [-0.4, -0.2) is 35.7 Å². The number of benzene rings is 1. The molecule has 82 valence electrons. The van der Waals surface area contributed by atoms with Gasteiger partial charge in [-0.15, -0.1) is 0 Å². The zero-order valence-electron chi connectivity index (χ0n) is 9.11. The Hall–Kier alpha value is -1.06. The number of rotatable bonds is 2. The monoisotopic (exact) mass is 206 g/mol. The van der Waals surface area contributed by atoms with Gasteiger partial charge in [0.05, 0.1) is 5.60 Å². The third-order valence-corrected chi connectivity index (χ3v) is 3.01. The third-order valence-electron chi connectivity index (χ3n) is 3.01. The Morgan fingerprint density at radius 1 is 1.53 bits per heavy atom. The van der Waals surface area contributed by atoms with E-state index >= 15 is 0 Å². The number of nitrogens with two attached hydrogens (primary N) is 1. The molecule has 1 atom stereocenters. The highest BCUT2D eigenvalue weighted by atomic mass is 16.3. The van der Waals surface area contributed by atoms with Gasteiger partial charge in [-0.1, -0.05) is 12.1 Å². The summed E-state index contributed by atoms with van der Waals surface area (Å²) in [5.74, 6) is 0. The topological polar surface area (TPSA) is 49.5 Å². The SMILES string of the molecule is CN1CCC(O)(Cc2cccc(N)c2)C1. The Morgan fingerprint density at radius 2 is 2.33 bits per heavy atom. The minimum atomic E-state index is -0.567. The van der Waals surface area contributed by atoms with Crippen LogP contribution in [0.2, 0.25) is 0 Å². The molecule has 0 saturated carbocycles. The number of nitrogen functional groups attached to an aromatic ring is 1. The second kappa shape index (κ2) is 3.83. The molecule has 0 amide bonds. The molecule has 1 aromatic carbocycles. The van der Waals surface area contributed by atoms with Crippen molar-refractivity contribution in [2.75, 3.05) is 25.9 Å². The number of β-amino-alcohol motifs (C(OH)–C–C–N with tert-alkyl or cyclic N) is 1. The highest BCUT2D eigenvalue weighted by Crippen LogP contribution is 2.24. The number of nitrogens with zero attached hydrogens (tertiary/aromatic N) is 1. The summed E-state index contributed by atoms with van der Waals surface area (Å²) in [5, 5.41) is 10.3. The van der Waals surface area contributed by atoms with E-state index in [9.17, 15) is 5.11 Å². The number of likely N-dealkylation sites (N-methyl/N-ethyl adjacent to an activating group) is 1. The van der Waals surface area contributed by atoms with Crippen LogP contribution in [0.15, 0.2) is 24.3 Å². The molecule has 0 spiro atoms. The molecule has 3 nitrogen and oxygen atoms in total. The number of aliphatic hydroxyl groups is 1. The minimum absolute atomic E-state index is 0.567. The van der Waals surface area contributed by atoms with Crippen LogP contribution in [0, 0.1) is 0 Å². The zero-order chi connectivity index (χ0) is 10.9. The molecule has 1 aromatic rings. The van der Waals surface area contributed by atoms with Crippen molar-refractivity contribution in [2.45, 2.75) is 18.4 Å². The predicted molar refractivity (Wildman–Crippen MR) is 61.6 cm³/mol. The van der Waals surface area contributed by atoms with E-state index in [1.165, 1.54) is 0 Å². The van der Waals surface area contributed by atoms with Crippen LogP contribution in [0.25, 0.3) is 0 Å². The van der Waals surface area contributed by atoms with Crippen LogP contribution in [0.3, 0.4) is 0 Å². The average Bonchev–Trinajstić information content (AvgIpc) is 2.45. The fourth-order valence-electron chi connectivity index (χ4n) is 2.29. The minimum Gasteiger partial charge on any atom is -0.399 e. The Kier molecular flexibility index (Phi) is 2.67. The smallest absolute Gasteiger partial charge is 0.0826 e. The van der Waals surface area contributed by atoms with Gasteiger partial charge in [-0.05, 0) is 31.2 Å². The van der Waals surface area contributed by atoms with Crippen molar-refractivity contribution in [1.29, 1.82) is 0 Å². The first-order valence-electron chi connectivity index (χ1n) is 5.33. The quantitative estimate of drug-likeness (QED) is 0.706. The highest BCUT2D eigenvalue weighted by molar-refractivity contribution is 5.41. The second-order valence-electron chi connectivity index (χ2n) is 4.63. The van der Waals surface area contributed by atoms with Gasteiger partial charge in [0.2, 0.25) is 0 Å². The van der Waals surface area contributed by atoms with Crippen LogP contribution >= 0.6 is 0 Å². The number of anilines is 1. The van der Waals surface area contributed by atoms with Crippen LogP contribution in [0.1, 0.15) is 12.0 Å². The van der Waals surface area contributed by atoms with Crippen molar-refractivity contribution in [3.63, 3.8) is 0 Å². The molecule has 2 rings (SSSR count). The summed E-state index contributed by atoms with van der Waals surface area (Å²) in [7, 11) is 2.04. The maximum Gasteiger partial charge on any atom is 0.0826 e. The summed E-state index contributed by atoms with van der Waals surface area (Å²) in [6.45, 7) is 1.72. The molecule has 1 unspecified atom stereocenters. The second-order valence-corrected chi connectivity index (χ2v) is 4.63.